The van der Waals surface area contributed by atoms with Gasteiger partial charge in [0.25, 0.3) is 0 Å². The lowest BCUT2D eigenvalue weighted by Gasteiger charge is -2.23. The monoisotopic (exact) mass is 439 g/mol. The maximum Gasteiger partial charge on any atom is 0.163 e. The van der Waals surface area contributed by atoms with Gasteiger partial charge >= 0.3 is 0 Å². The molecule has 1 aromatic carbocycles. The minimum absolute atomic E-state index is 0.0399. The average Bonchev–Trinajstić information content (AvgIpc) is 3.33. The predicted octanol–water partition coefficient (Wildman–Crippen LogP) is 4.29. The van der Waals surface area contributed by atoms with Crippen molar-refractivity contribution < 1.29 is 14.2 Å². The van der Waals surface area contributed by atoms with Gasteiger partial charge in [-0.25, -0.2) is 0 Å². The first kappa shape index (κ1) is 21.8. The lowest BCUT2D eigenvalue weighted by Crippen LogP contribution is -2.35. The largest absolute Gasteiger partial charge is 0.493 e. The van der Waals surface area contributed by atoms with Gasteiger partial charge in [-0.15, -0.1) is 0 Å². The third-order valence-electron chi connectivity index (χ3n) is 7.23. The highest BCUT2D eigenvalue weighted by molar-refractivity contribution is 5.96. The third-order valence-corrected chi connectivity index (χ3v) is 7.23. The van der Waals surface area contributed by atoms with Crippen LogP contribution in [0, 0.1) is 11.8 Å². The molecule has 1 aliphatic heterocycles. The molecule has 1 N–H and O–H groups in total. The number of benzene rings is 1. The molecule has 2 unspecified atom stereocenters. The summed E-state index contributed by atoms with van der Waals surface area (Å²) in [6, 6.07) is 4.17. The van der Waals surface area contributed by atoms with Crippen molar-refractivity contribution in [2.45, 2.75) is 51.6 Å². The minimum atomic E-state index is 0.0399. The predicted molar refractivity (Wildman–Crippen MR) is 128 cm³/mol. The Hall–Kier alpha value is -2.05. The van der Waals surface area contributed by atoms with E-state index in [0.29, 0.717) is 12.5 Å². The molecular weight excluding hydrogens is 402 g/mol. The summed E-state index contributed by atoms with van der Waals surface area (Å²) in [6.07, 6.45) is 7.42. The van der Waals surface area contributed by atoms with E-state index in [4.69, 9.17) is 19.2 Å². The molecule has 5 rings (SSSR count). The molecule has 2 aromatic rings. The van der Waals surface area contributed by atoms with Crippen LogP contribution in [0.15, 0.2) is 12.1 Å². The summed E-state index contributed by atoms with van der Waals surface area (Å²) in [7, 11) is 3.48. The second kappa shape index (κ2) is 9.44. The number of fused-ring (bicyclic) bond motifs is 2. The molecule has 3 aliphatic rings. The molecule has 0 amide bonds. The molecule has 0 bridgehead atoms. The van der Waals surface area contributed by atoms with E-state index in [1.54, 1.807) is 14.2 Å². The highest BCUT2D eigenvalue weighted by Crippen LogP contribution is 2.41. The van der Waals surface area contributed by atoms with Crippen LogP contribution in [0.5, 0.6) is 11.5 Å². The Morgan fingerprint density at radius 3 is 2.66 bits per heavy atom. The maximum absolute atomic E-state index is 6.25. The Balaban J connectivity index is 1.41. The zero-order chi connectivity index (χ0) is 22.1. The highest BCUT2D eigenvalue weighted by atomic mass is 16.5. The second-order valence-corrected chi connectivity index (χ2v) is 9.95. The zero-order valence-corrected chi connectivity index (χ0v) is 19.8. The van der Waals surface area contributed by atoms with Crippen molar-refractivity contribution in [3.63, 3.8) is 0 Å². The quantitative estimate of drug-likeness (QED) is 0.596. The van der Waals surface area contributed by atoms with E-state index >= 15 is 0 Å². The fraction of sp³-hybridized carbons (Fsp3) is 0.654. The van der Waals surface area contributed by atoms with E-state index in [0.717, 1.165) is 67.3 Å². The normalized spacial score (nSPS) is 21.7. The van der Waals surface area contributed by atoms with Gasteiger partial charge in [0.15, 0.2) is 11.5 Å². The van der Waals surface area contributed by atoms with Crippen LogP contribution in [0.2, 0.25) is 0 Å². The van der Waals surface area contributed by atoms with E-state index in [1.807, 2.05) is 0 Å². The van der Waals surface area contributed by atoms with Crippen LogP contribution in [0.4, 0.5) is 5.69 Å². The van der Waals surface area contributed by atoms with Crippen molar-refractivity contribution in [1.29, 1.82) is 0 Å². The number of hydrogen-bond acceptors (Lipinski definition) is 6. The maximum atomic E-state index is 6.25. The van der Waals surface area contributed by atoms with E-state index in [2.05, 4.69) is 29.3 Å². The number of methoxy groups -OCH3 is 2. The van der Waals surface area contributed by atoms with Crippen molar-refractivity contribution in [3.8, 4) is 11.5 Å². The summed E-state index contributed by atoms with van der Waals surface area (Å²) >= 11 is 0. The molecule has 1 aromatic heterocycles. The van der Waals surface area contributed by atoms with Gasteiger partial charge in [-0.3, -0.25) is 4.98 Å². The lowest BCUT2D eigenvalue weighted by molar-refractivity contribution is 0.0339. The Kier molecular flexibility index (Phi) is 6.42. The van der Waals surface area contributed by atoms with Crippen LogP contribution in [0.1, 0.15) is 43.9 Å². The molecule has 174 valence electrons. The highest BCUT2D eigenvalue weighted by Gasteiger charge is 2.27. The smallest absolute Gasteiger partial charge is 0.163 e. The standard InChI is InChI=1S/C26H37N3O3/c1-17-10-20-22(11-17)28-23-13-25(32-16-19(30-2)15-29-8-4-5-9-29)24(31-3)12-21(23)26(20)27-14-18-6-7-18/h12-13,17-19H,4-11,14-16H2,1-3H3,(H,27,28). The number of pyridine rings is 1. The second-order valence-electron chi connectivity index (χ2n) is 9.95. The summed E-state index contributed by atoms with van der Waals surface area (Å²) < 4.78 is 17.7. The van der Waals surface area contributed by atoms with E-state index in [9.17, 15) is 0 Å². The number of anilines is 1. The number of hydrogen-bond donors (Lipinski definition) is 1. The summed E-state index contributed by atoms with van der Waals surface area (Å²) in [4.78, 5) is 7.52. The molecule has 2 heterocycles. The Morgan fingerprint density at radius 1 is 1.12 bits per heavy atom. The lowest BCUT2D eigenvalue weighted by atomic mass is 10.0. The fourth-order valence-electron chi connectivity index (χ4n) is 5.17. The van der Waals surface area contributed by atoms with Crippen molar-refractivity contribution in [2.24, 2.45) is 11.8 Å². The molecule has 6 nitrogen and oxygen atoms in total. The summed E-state index contributed by atoms with van der Waals surface area (Å²) in [6.45, 7) is 7.09. The molecule has 2 aliphatic carbocycles. The Bertz CT molecular complexity index is 953. The van der Waals surface area contributed by atoms with Crippen molar-refractivity contribution in [1.82, 2.24) is 9.88 Å². The molecule has 1 saturated carbocycles. The van der Waals surface area contributed by atoms with Crippen molar-refractivity contribution in [2.75, 3.05) is 52.3 Å². The number of likely N-dealkylation sites (tertiary alicyclic amines) is 1. The van der Waals surface area contributed by atoms with Gasteiger partial charge in [0, 0.05) is 43.0 Å². The molecule has 32 heavy (non-hydrogen) atoms. The first-order valence-electron chi connectivity index (χ1n) is 12.3. The molecule has 0 radical (unpaired) electrons. The van der Waals surface area contributed by atoms with Gasteiger partial charge in [-0.1, -0.05) is 6.92 Å². The third kappa shape index (κ3) is 4.67. The van der Waals surface area contributed by atoms with Gasteiger partial charge in [0.2, 0.25) is 0 Å². The number of ether oxygens (including phenoxy) is 3. The molecule has 2 fully saturated rings. The molecular formula is C26H37N3O3. The van der Waals surface area contributed by atoms with E-state index in [-0.39, 0.29) is 6.10 Å². The van der Waals surface area contributed by atoms with Crippen molar-refractivity contribution >= 4 is 16.6 Å². The molecule has 0 spiro atoms. The summed E-state index contributed by atoms with van der Waals surface area (Å²) in [5, 5.41) is 4.92. The molecule has 1 saturated heterocycles. The minimum Gasteiger partial charge on any atom is -0.493 e. The number of rotatable bonds is 10. The summed E-state index contributed by atoms with van der Waals surface area (Å²) in [5.41, 5.74) is 4.88. The van der Waals surface area contributed by atoms with Gasteiger partial charge in [-0.05, 0) is 75.1 Å². The van der Waals surface area contributed by atoms with E-state index < -0.39 is 0 Å². The van der Waals surface area contributed by atoms with Crippen LogP contribution in [-0.2, 0) is 17.6 Å². The number of aromatic nitrogens is 1. The van der Waals surface area contributed by atoms with Gasteiger partial charge in [0.05, 0.1) is 12.6 Å². The first-order valence-corrected chi connectivity index (χ1v) is 12.3. The van der Waals surface area contributed by atoms with Gasteiger partial charge in [-0.2, -0.15) is 0 Å². The molecule has 2 atom stereocenters. The van der Waals surface area contributed by atoms with Crippen LogP contribution in [0.25, 0.3) is 10.9 Å². The van der Waals surface area contributed by atoms with Gasteiger partial charge in [0.1, 0.15) is 12.7 Å². The van der Waals surface area contributed by atoms with Crippen LogP contribution in [0.3, 0.4) is 0 Å². The Labute approximate surface area is 191 Å². The fourth-order valence-corrected chi connectivity index (χ4v) is 5.17. The number of nitrogens with one attached hydrogen (secondary N) is 1. The summed E-state index contributed by atoms with van der Waals surface area (Å²) in [5.74, 6) is 2.96. The van der Waals surface area contributed by atoms with Crippen LogP contribution >= 0.6 is 0 Å². The average molecular weight is 440 g/mol. The zero-order valence-electron chi connectivity index (χ0n) is 19.8. The topological polar surface area (TPSA) is 55.8 Å². The van der Waals surface area contributed by atoms with E-state index in [1.165, 1.54) is 42.6 Å². The van der Waals surface area contributed by atoms with Crippen molar-refractivity contribution in [3.05, 3.63) is 23.4 Å². The van der Waals surface area contributed by atoms with Gasteiger partial charge < -0.3 is 24.4 Å². The van der Waals surface area contributed by atoms with Crippen LogP contribution in [-0.4, -0.2) is 63.0 Å². The SMILES string of the molecule is COc1cc2c(NCC3CC3)c3c(nc2cc1OCC(CN1CCCC1)OC)CC(C)C3. The molecule has 6 heteroatoms. The number of nitrogens with zero attached hydrogens (tertiary/aromatic N) is 2. The van der Waals surface area contributed by atoms with Crippen LogP contribution < -0.4 is 14.8 Å². The first-order chi connectivity index (χ1) is 15.6. The Morgan fingerprint density at radius 2 is 1.94 bits per heavy atom.